The summed E-state index contributed by atoms with van der Waals surface area (Å²) in [6, 6.07) is 75.7. The van der Waals surface area contributed by atoms with Gasteiger partial charge in [-0.25, -0.2) is 4.98 Å². The zero-order chi connectivity index (χ0) is 41.4. The fraction of sp³-hybridized carbons (Fsp3) is 0. The number of benzene rings is 9. The molecule has 294 valence electrons. The van der Waals surface area contributed by atoms with Crippen molar-refractivity contribution in [3.63, 3.8) is 0 Å². The van der Waals surface area contributed by atoms with Crippen LogP contribution in [-0.4, -0.2) is 24.1 Å². The second kappa shape index (κ2) is 14.2. The Bertz CT molecular complexity index is 3880. The van der Waals surface area contributed by atoms with Crippen molar-refractivity contribution in [1.29, 1.82) is 0 Å². The van der Waals surface area contributed by atoms with Crippen LogP contribution in [0.4, 0.5) is 0 Å². The smallest absolute Gasteiger partial charge is 0.238 e. The molecular formula is C57H35N5S. The molecule has 0 aliphatic carbocycles. The third-order valence-corrected chi connectivity index (χ3v) is 13.5. The van der Waals surface area contributed by atoms with Gasteiger partial charge >= 0.3 is 0 Å². The number of hydrogen-bond acceptors (Lipinski definition) is 4. The number of aromatic nitrogens is 5. The molecule has 0 bridgehead atoms. The van der Waals surface area contributed by atoms with E-state index in [0.717, 1.165) is 55.0 Å². The minimum atomic E-state index is 0.570. The Kier molecular flexibility index (Phi) is 8.01. The van der Waals surface area contributed by atoms with Gasteiger partial charge in [-0.1, -0.05) is 176 Å². The van der Waals surface area contributed by atoms with E-state index >= 15 is 0 Å². The van der Waals surface area contributed by atoms with Crippen LogP contribution >= 0.6 is 11.3 Å². The van der Waals surface area contributed by atoms with Crippen molar-refractivity contribution < 1.29 is 0 Å². The second-order valence-corrected chi connectivity index (χ2v) is 17.1. The van der Waals surface area contributed by atoms with E-state index in [2.05, 4.69) is 203 Å². The molecule has 13 rings (SSSR count). The van der Waals surface area contributed by atoms with Gasteiger partial charge in [-0.3, -0.25) is 4.57 Å². The molecule has 0 fully saturated rings. The summed E-state index contributed by atoms with van der Waals surface area (Å²) in [5, 5.41) is 7.12. The lowest BCUT2D eigenvalue weighted by atomic mass is 10.0. The van der Waals surface area contributed by atoms with Gasteiger partial charge in [0.1, 0.15) is 0 Å². The van der Waals surface area contributed by atoms with Gasteiger partial charge in [-0.05, 0) is 58.7 Å². The molecule has 6 heteroatoms. The Morgan fingerprint density at radius 1 is 0.302 bits per heavy atom. The molecule has 4 aromatic heterocycles. The van der Waals surface area contributed by atoms with E-state index in [-0.39, 0.29) is 0 Å². The summed E-state index contributed by atoms with van der Waals surface area (Å²) in [4.78, 5) is 15.9. The molecule has 5 nitrogen and oxygen atoms in total. The molecular weight excluding hydrogens is 787 g/mol. The maximum atomic E-state index is 5.40. The van der Waals surface area contributed by atoms with Crippen molar-refractivity contribution in [3.8, 4) is 56.7 Å². The maximum absolute atomic E-state index is 5.40. The number of fused-ring (bicyclic) bond motifs is 10. The highest BCUT2D eigenvalue weighted by molar-refractivity contribution is 7.25. The van der Waals surface area contributed by atoms with E-state index < -0.39 is 0 Å². The van der Waals surface area contributed by atoms with Crippen LogP contribution in [0.5, 0.6) is 0 Å². The Balaban J connectivity index is 1.04. The highest BCUT2D eigenvalue weighted by Gasteiger charge is 2.24. The topological polar surface area (TPSA) is 48.5 Å². The molecule has 0 spiro atoms. The standard InChI is InChI=1S/C57H35N5S/c1-3-13-36(14-4-1)37-23-25-38(26-24-37)39-27-30-42(31-28-39)61-49-20-10-7-17-43(49)47-33-34-48-44-18-8-11-21-50(44)62(54(48)53(47)61)57-59-55(40-15-5-2-6-16-40)58-56(60-57)41-29-32-46-45-19-9-12-22-51(45)63-52(46)35-41/h1-35H. The number of para-hydroxylation sites is 2. The van der Waals surface area contributed by atoms with Crippen LogP contribution in [0, 0.1) is 0 Å². The Morgan fingerprint density at radius 3 is 1.40 bits per heavy atom. The van der Waals surface area contributed by atoms with Gasteiger partial charge in [0.05, 0.1) is 22.1 Å². The van der Waals surface area contributed by atoms with E-state index in [9.17, 15) is 0 Å². The maximum Gasteiger partial charge on any atom is 0.238 e. The first-order valence-corrected chi connectivity index (χ1v) is 22.0. The van der Waals surface area contributed by atoms with Crippen molar-refractivity contribution in [2.24, 2.45) is 0 Å². The van der Waals surface area contributed by atoms with Crippen LogP contribution in [-0.2, 0) is 0 Å². The predicted molar refractivity (Wildman–Crippen MR) is 263 cm³/mol. The molecule has 0 saturated heterocycles. The summed E-state index contributed by atoms with van der Waals surface area (Å²) in [5.41, 5.74) is 12.0. The molecule has 0 atom stereocenters. The van der Waals surface area contributed by atoms with Crippen molar-refractivity contribution >= 4 is 75.1 Å². The van der Waals surface area contributed by atoms with E-state index in [4.69, 9.17) is 15.0 Å². The molecule has 0 unspecified atom stereocenters. The molecule has 0 aliphatic heterocycles. The molecule has 0 saturated carbocycles. The summed E-state index contributed by atoms with van der Waals surface area (Å²) in [5.74, 6) is 1.82. The average Bonchev–Trinajstić information content (AvgIpc) is 4.02. The van der Waals surface area contributed by atoms with E-state index in [1.165, 1.54) is 47.8 Å². The minimum Gasteiger partial charge on any atom is -0.307 e. The summed E-state index contributed by atoms with van der Waals surface area (Å²) in [7, 11) is 0. The van der Waals surface area contributed by atoms with Crippen LogP contribution in [0.25, 0.3) is 120 Å². The quantitative estimate of drug-likeness (QED) is 0.168. The highest BCUT2D eigenvalue weighted by atomic mass is 32.1. The molecule has 0 radical (unpaired) electrons. The average molecular weight is 822 g/mol. The molecule has 4 heterocycles. The van der Waals surface area contributed by atoms with Gasteiger partial charge < -0.3 is 4.57 Å². The second-order valence-electron chi connectivity index (χ2n) is 16.0. The zero-order valence-corrected chi connectivity index (χ0v) is 34.7. The van der Waals surface area contributed by atoms with Gasteiger partial charge in [-0.15, -0.1) is 11.3 Å². The normalized spacial score (nSPS) is 11.8. The van der Waals surface area contributed by atoms with Crippen LogP contribution in [0.1, 0.15) is 0 Å². The van der Waals surface area contributed by atoms with Crippen molar-refractivity contribution in [2.75, 3.05) is 0 Å². The molecule has 0 aliphatic rings. The first-order valence-electron chi connectivity index (χ1n) is 21.2. The monoisotopic (exact) mass is 821 g/mol. The fourth-order valence-electron chi connectivity index (χ4n) is 9.44. The lowest BCUT2D eigenvalue weighted by Crippen LogP contribution is -2.07. The number of nitrogens with zero attached hydrogens (tertiary/aromatic N) is 5. The van der Waals surface area contributed by atoms with Crippen molar-refractivity contribution in [2.45, 2.75) is 0 Å². The van der Waals surface area contributed by atoms with E-state index in [0.29, 0.717) is 17.6 Å². The summed E-state index contributed by atoms with van der Waals surface area (Å²) in [6.45, 7) is 0. The third-order valence-electron chi connectivity index (χ3n) is 12.4. The van der Waals surface area contributed by atoms with Crippen LogP contribution < -0.4 is 0 Å². The zero-order valence-electron chi connectivity index (χ0n) is 33.9. The lowest BCUT2D eigenvalue weighted by molar-refractivity contribution is 0.953. The Labute approximate surface area is 366 Å². The van der Waals surface area contributed by atoms with Gasteiger partial charge in [0, 0.05) is 58.5 Å². The first kappa shape index (κ1) is 35.6. The third kappa shape index (κ3) is 5.73. The van der Waals surface area contributed by atoms with E-state index in [1.54, 1.807) is 11.3 Å². The fourth-order valence-corrected chi connectivity index (χ4v) is 10.6. The number of rotatable bonds is 6. The van der Waals surface area contributed by atoms with Crippen LogP contribution in [0.2, 0.25) is 0 Å². The molecule has 13 aromatic rings. The molecule has 0 N–H and O–H groups in total. The minimum absolute atomic E-state index is 0.570. The van der Waals surface area contributed by atoms with Gasteiger partial charge in [-0.2, -0.15) is 9.97 Å². The first-order chi connectivity index (χ1) is 31.2. The lowest BCUT2D eigenvalue weighted by Gasteiger charge is -2.14. The summed E-state index contributed by atoms with van der Waals surface area (Å²) in [6.07, 6.45) is 0. The number of hydrogen-bond donors (Lipinski definition) is 0. The van der Waals surface area contributed by atoms with E-state index in [1.807, 2.05) is 18.2 Å². The molecule has 9 aromatic carbocycles. The SMILES string of the molecule is c1ccc(-c2ccc(-c3ccc(-n4c5ccccc5c5ccc6c7ccccc7n(-c7nc(-c8ccccc8)nc(-c8ccc9c(c8)sc8ccccc89)n7)c6c54)cc3)cc2)cc1. The largest absolute Gasteiger partial charge is 0.307 e. The van der Waals surface area contributed by atoms with Gasteiger partial charge in [0.15, 0.2) is 11.6 Å². The Hall–Kier alpha value is -8.19. The predicted octanol–water partition coefficient (Wildman–Crippen LogP) is 15.1. The van der Waals surface area contributed by atoms with Crippen molar-refractivity contribution in [3.05, 3.63) is 212 Å². The van der Waals surface area contributed by atoms with Gasteiger partial charge in [0.25, 0.3) is 0 Å². The molecule has 0 amide bonds. The highest BCUT2D eigenvalue weighted by Crippen LogP contribution is 2.42. The van der Waals surface area contributed by atoms with Gasteiger partial charge in [0.2, 0.25) is 5.95 Å². The van der Waals surface area contributed by atoms with Crippen LogP contribution in [0.3, 0.4) is 0 Å². The summed E-state index contributed by atoms with van der Waals surface area (Å²) >= 11 is 1.80. The summed E-state index contributed by atoms with van der Waals surface area (Å²) < 4.78 is 7.15. The number of thiophene rings is 1. The Morgan fingerprint density at radius 2 is 0.746 bits per heavy atom. The van der Waals surface area contributed by atoms with Crippen LogP contribution in [0.15, 0.2) is 212 Å². The molecule has 63 heavy (non-hydrogen) atoms. The van der Waals surface area contributed by atoms with Crippen molar-refractivity contribution in [1.82, 2.24) is 24.1 Å².